The van der Waals surface area contributed by atoms with Gasteiger partial charge in [-0.2, -0.15) is 0 Å². The first-order valence-corrected chi connectivity index (χ1v) is 9.65. The maximum absolute atomic E-state index is 13.6. The van der Waals surface area contributed by atoms with Crippen LogP contribution in [0.5, 0.6) is 5.75 Å². The molecule has 2 aromatic rings. The van der Waals surface area contributed by atoms with Crippen LogP contribution in [-0.4, -0.2) is 54.0 Å². The van der Waals surface area contributed by atoms with E-state index in [1.54, 1.807) is 29.2 Å². The molecule has 1 saturated heterocycles. The molecule has 1 atom stereocenters. The monoisotopic (exact) mass is 385 g/mol. The van der Waals surface area contributed by atoms with Gasteiger partial charge in [0.2, 0.25) is 5.91 Å². The molecule has 0 bridgehead atoms. The third-order valence-corrected chi connectivity index (χ3v) is 5.18. The molecular formula is C22H28FN3O2. The van der Waals surface area contributed by atoms with E-state index in [-0.39, 0.29) is 23.5 Å². The van der Waals surface area contributed by atoms with Crippen molar-refractivity contribution in [2.45, 2.75) is 31.5 Å². The summed E-state index contributed by atoms with van der Waals surface area (Å²) in [4.78, 5) is 17.0. The van der Waals surface area contributed by atoms with Crippen molar-refractivity contribution in [3.8, 4) is 5.75 Å². The smallest absolute Gasteiger partial charge is 0.242 e. The molecule has 2 N–H and O–H groups in total. The predicted octanol–water partition coefficient (Wildman–Crippen LogP) is 2.91. The Bertz CT molecular complexity index is 804. The molecular weight excluding hydrogens is 357 g/mol. The minimum absolute atomic E-state index is 0.0953. The molecule has 0 unspecified atom stereocenters. The van der Waals surface area contributed by atoms with Gasteiger partial charge in [0.05, 0.1) is 0 Å². The molecule has 1 aliphatic rings. The summed E-state index contributed by atoms with van der Waals surface area (Å²) in [6.07, 6.45) is 1.74. The van der Waals surface area contributed by atoms with Gasteiger partial charge in [0, 0.05) is 25.7 Å². The van der Waals surface area contributed by atoms with E-state index in [1.807, 2.05) is 26.2 Å². The molecule has 1 fully saturated rings. The minimum Gasteiger partial charge on any atom is -0.508 e. The first-order valence-electron chi connectivity index (χ1n) is 9.65. The van der Waals surface area contributed by atoms with Gasteiger partial charge in [0.15, 0.2) is 0 Å². The predicted molar refractivity (Wildman–Crippen MR) is 107 cm³/mol. The lowest BCUT2D eigenvalue weighted by molar-refractivity contribution is -0.126. The molecule has 0 spiro atoms. The summed E-state index contributed by atoms with van der Waals surface area (Å²) in [6.45, 7) is 2.55. The van der Waals surface area contributed by atoms with Crippen LogP contribution in [0.15, 0.2) is 48.5 Å². The van der Waals surface area contributed by atoms with E-state index in [4.69, 9.17) is 0 Å². The van der Waals surface area contributed by atoms with Crippen molar-refractivity contribution >= 4 is 5.91 Å². The highest BCUT2D eigenvalue weighted by Crippen LogP contribution is 2.21. The largest absolute Gasteiger partial charge is 0.508 e. The van der Waals surface area contributed by atoms with Crippen LogP contribution < -0.4 is 5.32 Å². The second-order valence-corrected chi connectivity index (χ2v) is 7.65. The van der Waals surface area contributed by atoms with Gasteiger partial charge in [-0.1, -0.05) is 24.3 Å². The number of nitrogens with one attached hydrogen (secondary N) is 1. The fourth-order valence-electron chi connectivity index (χ4n) is 3.79. The highest BCUT2D eigenvalue weighted by atomic mass is 19.1. The summed E-state index contributed by atoms with van der Waals surface area (Å²) in [5.41, 5.74) is 1.74. The number of nitrogens with zero attached hydrogens (tertiary/aromatic N) is 2. The zero-order valence-corrected chi connectivity index (χ0v) is 16.4. The van der Waals surface area contributed by atoms with Crippen molar-refractivity contribution in [1.29, 1.82) is 0 Å². The number of carbonyl (C=O) groups is 1. The normalized spacial score (nSPS) is 16.9. The fourth-order valence-corrected chi connectivity index (χ4v) is 3.79. The number of aromatic hydroxyl groups is 1. The standard InChI is InChI=1S/C22H28FN3O2/c1-25(2)21(17-6-4-7-18(23)14-17)22(28)24-19-9-11-26(12-10-19)15-16-5-3-8-20(27)13-16/h3-8,13-14,19,21,27H,9-12,15H2,1-2H3,(H,24,28)/t21-/m0/s1. The number of phenolic OH excluding ortho intramolecular Hbond substituents is 1. The Balaban J connectivity index is 1.55. The van der Waals surface area contributed by atoms with Gasteiger partial charge in [0.25, 0.3) is 0 Å². The number of piperidine rings is 1. The number of amides is 1. The number of hydrogen-bond donors (Lipinski definition) is 2. The Morgan fingerprint density at radius 3 is 2.57 bits per heavy atom. The first-order chi connectivity index (χ1) is 13.4. The molecule has 150 valence electrons. The highest BCUT2D eigenvalue weighted by molar-refractivity contribution is 5.83. The molecule has 1 heterocycles. The van der Waals surface area contributed by atoms with Gasteiger partial charge < -0.3 is 10.4 Å². The van der Waals surface area contributed by atoms with Gasteiger partial charge in [-0.3, -0.25) is 14.6 Å². The molecule has 0 saturated carbocycles. The third kappa shape index (κ3) is 5.30. The summed E-state index contributed by atoms with van der Waals surface area (Å²) in [5.74, 6) is -0.147. The molecule has 1 amide bonds. The Hall–Kier alpha value is -2.44. The number of likely N-dealkylation sites (tertiary alicyclic amines) is 1. The van der Waals surface area contributed by atoms with Gasteiger partial charge in [-0.15, -0.1) is 0 Å². The number of benzene rings is 2. The van der Waals surface area contributed by atoms with Crippen molar-refractivity contribution < 1.29 is 14.3 Å². The maximum Gasteiger partial charge on any atom is 0.242 e. The van der Waals surface area contributed by atoms with Crippen LogP contribution in [0.4, 0.5) is 4.39 Å². The summed E-state index contributed by atoms with van der Waals surface area (Å²) < 4.78 is 13.6. The number of carbonyl (C=O) groups excluding carboxylic acids is 1. The van der Waals surface area contributed by atoms with Gasteiger partial charge in [-0.05, 0) is 62.3 Å². The van der Waals surface area contributed by atoms with E-state index in [1.165, 1.54) is 12.1 Å². The second kappa shape index (κ2) is 9.17. The van der Waals surface area contributed by atoms with Gasteiger partial charge >= 0.3 is 0 Å². The first kappa shape index (κ1) is 20.3. The SMILES string of the molecule is CN(C)[C@H](C(=O)NC1CCN(Cc2cccc(O)c2)CC1)c1cccc(F)c1. The highest BCUT2D eigenvalue weighted by Gasteiger charge is 2.27. The van der Waals surface area contributed by atoms with Crippen LogP contribution >= 0.6 is 0 Å². The summed E-state index contributed by atoms with van der Waals surface area (Å²) in [7, 11) is 3.65. The number of hydrogen-bond acceptors (Lipinski definition) is 4. The summed E-state index contributed by atoms with van der Waals surface area (Å²) in [5, 5.41) is 12.7. The molecule has 5 nitrogen and oxygen atoms in total. The van der Waals surface area contributed by atoms with Crippen LogP contribution in [0, 0.1) is 5.82 Å². The van der Waals surface area contributed by atoms with E-state index < -0.39 is 6.04 Å². The Morgan fingerprint density at radius 2 is 1.93 bits per heavy atom. The lowest BCUT2D eigenvalue weighted by Gasteiger charge is -2.34. The van der Waals surface area contributed by atoms with Crippen molar-refractivity contribution in [2.75, 3.05) is 27.2 Å². The molecule has 6 heteroatoms. The third-order valence-electron chi connectivity index (χ3n) is 5.18. The van der Waals surface area contributed by atoms with Gasteiger partial charge in [0.1, 0.15) is 17.6 Å². The van der Waals surface area contributed by atoms with Crippen LogP contribution in [0.1, 0.15) is 30.0 Å². The molecule has 2 aromatic carbocycles. The average molecular weight is 385 g/mol. The summed E-state index contributed by atoms with van der Waals surface area (Å²) >= 11 is 0. The Kier molecular flexibility index (Phi) is 6.65. The number of rotatable bonds is 6. The lowest BCUT2D eigenvalue weighted by Crippen LogP contribution is -2.47. The van der Waals surface area contributed by atoms with Crippen LogP contribution in [0.25, 0.3) is 0 Å². The van der Waals surface area contributed by atoms with Gasteiger partial charge in [-0.25, -0.2) is 4.39 Å². The van der Waals surface area contributed by atoms with Crippen molar-refractivity contribution in [1.82, 2.24) is 15.1 Å². The van der Waals surface area contributed by atoms with E-state index in [0.29, 0.717) is 5.56 Å². The zero-order valence-electron chi connectivity index (χ0n) is 16.4. The number of phenols is 1. The molecule has 3 rings (SSSR count). The molecule has 0 aliphatic carbocycles. The molecule has 28 heavy (non-hydrogen) atoms. The van der Waals surface area contributed by atoms with E-state index in [9.17, 15) is 14.3 Å². The fraction of sp³-hybridized carbons (Fsp3) is 0.409. The van der Waals surface area contributed by atoms with Crippen molar-refractivity contribution in [3.05, 3.63) is 65.5 Å². The molecule has 1 aliphatic heterocycles. The average Bonchev–Trinajstić information content (AvgIpc) is 2.63. The van der Waals surface area contributed by atoms with E-state index >= 15 is 0 Å². The lowest BCUT2D eigenvalue weighted by atomic mass is 10.0. The van der Waals surface area contributed by atoms with Crippen LogP contribution in [-0.2, 0) is 11.3 Å². The topological polar surface area (TPSA) is 55.8 Å². The second-order valence-electron chi connectivity index (χ2n) is 7.65. The summed E-state index contributed by atoms with van der Waals surface area (Å²) in [6, 6.07) is 13.1. The van der Waals surface area contributed by atoms with E-state index in [0.717, 1.165) is 38.0 Å². The maximum atomic E-state index is 13.6. The Morgan fingerprint density at radius 1 is 1.21 bits per heavy atom. The zero-order chi connectivity index (χ0) is 20.1. The van der Waals surface area contributed by atoms with Crippen LogP contribution in [0.3, 0.4) is 0 Å². The minimum atomic E-state index is -0.513. The van der Waals surface area contributed by atoms with Crippen molar-refractivity contribution in [3.63, 3.8) is 0 Å². The van der Waals surface area contributed by atoms with Crippen LogP contribution in [0.2, 0.25) is 0 Å². The molecule has 0 radical (unpaired) electrons. The molecule has 0 aromatic heterocycles. The van der Waals surface area contributed by atoms with Crippen molar-refractivity contribution in [2.24, 2.45) is 0 Å². The van der Waals surface area contributed by atoms with E-state index in [2.05, 4.69) is 10.2 Å². The number of likely N-dealkylation sites (N-methyl/N-ethyl adjacent to an activating group) is 1. The quantitative estimate of drug-likeness (QED) is 0.803. The Labute approximate surface area is 165 Å². The number of halogens is 1.